The van der Waals surface area contributed by atoms with Gasteiger partial charge >= 0.3 is 0 Å². The highest BCUT2D eigenvalue weighted by molar-refractivity contribution is 5.40. The van der Waals surface area contributed by atoms with Gasteiger partial charge in [0.05, 0.1) is 20.3 Å². The monoisotopic (exact) mass is 283 g/mol. The van der Waals surface area contributed by atoms with E-state index in [-0.39, 0.29) is 12.5 Å². The lowest BCUT2D eigenvalue weighted by molar-refractivity contribution is 0.173. The molecular weight excluding hydrogens is 258 g/mol. The van der Waals surface area contributed by atoms with E-state index in [2.05, 4.69) is 5.32 Å². The molecule has 0 saturated heterocycles. The molecule has 1 atom stereocenters. The van der Waals surface area contributed by atoms with Crippen molar-refractivity contribution >= 4 is 0 Å². The molecule has 5 nitrogen and oxygen atoms in total. The number of aliphatic hydroxyl groups is 1. The van der Waals surface area contributed by atoms with Gasteiger partial charge in [-0.25, -0.2) is 0 Å². The van der Waals surface area contributed by atoms with Crippen molar-refractivity contribution in [1.29, 1.82) is 0 Å². The van der Waals surface area contributed by atoms with Crippen molar-refractivity contribution in [2.24, 2.45) is 5.92 Å². The first-order chi connectivity index (χ1) is 9.71. The SMILES string of the molecule is COCCNCc1cc(OC)ccc1OCC(C)CO. The van der Waals surface area contributed by atoms with Crippen LogP contribution in [0.15, 0.2) is 18.2 Å². The molecular formula is C15H25NO4. The Labute approximate surface area is 120 Å². The normalized spacial score (nSPS) is 12.2. The van der Waals surface area contributed by atoms with E-state index in [4.69, 9.17) is 19.3 Å². The number of nitrogens with one attached hydrogen (secondary N) is 1. The van der Waals surface area contributed by atoms with E-state index in [1.54, 1.807) is 14.2 Å². The minimum atomic E-state index is 0.117. The summed E-state index contributed by atoms with van der Waals surface area (Å²) in [5, 5.41) is 12.3. The van der Waals surface area contributed by atoms with Crippen molar-refractivity contribution < 1.29 is 19.3 Å². The second-order valence-corrected chi connectivity index (χ2v) is 4.74. The van der Waals surface area contributed by atoms with Crippen LogP contribution < -0.4 is 14.8 Å². The molecule has 0 aromatic heterocycles. The Balaban J connectivity index is 2.65. The van der Waals surface area contributed by atoms with Crippen LogP contribution in [0.5, 0.6) is 11.5 Å². The topological polar surface area (TPSA) is 60.0 Å². The molecule has 0 bridgehead atoms. The fraction of sp³-hybridized carbons (Fsp3) is 0.600. The van der Waals surface area contributed by atoms with E-state index in [0.29, 0.717) is 19.8 Å². The third-order valence-electron chi connectivity index (χ3n) is 2.90. The van der Waals surface area contributed by atoms with E-state index in [1.165, 1.54) is 0 Å². The third kappa shape index (κ3) is 5.77. The van der Waals surface area contributed by atoms with Gasteiger partial charge < -0.3 is 24.6 Å². The predicted molar refractivity (Wildman–Crippen MR) is 78.3 cm³/mol. The van der Waals surface area contributed by atoms with E-state index in [9.17, 15) is 0 Å². The van der Waals surface area contributed by atoms with E-state index in [1.807, 2.05) is 25.1 Å². The van der Waals surface area contributed by atoms with Crippen molar-refractivity contribution in [2.75, 3.05) is 40.6 Å². The molecule has 0 fully saturated rings. The van der Waals surface area contributed by atoms with Crippen LogP contribution in [0.1, 0.15) is 12.5 Å². The minimum absolute atomic E-state index is 0.117. The Morgan fingerprint density at radius 3 is 2.75 bits per heavy atom. The summed E-state index contributed by atoms with van der Waals surface area (Å²) in [6.45, 7) is 4.69. The molecule has 1 aromatic rings. The summed E-state index contributed by atoms with van der Waals surface area (Å²) in [6.07, 6.45) is 0. The third-order valence-corrected chi connectivity index (χ3v) is 2.90. The Kier molecular flexibility index (Phi) is 8.02. The van der Waals surface area contributed by atoms with Gasteiger partial charge in [0.2, 0.25) is 0 Å². The first-order valence-electron chi connectivity index (χ1n) is 6.81. The van der Waals surface area contributed by atoms with Crippen molar-refractivity contribution in [2.45, 2.75) is 13.5 Å². The second kappa shape index (κ2) is 9.58. The van der Waals surface area contributed by atoms with Gasteiger partial charge in [-0.3, -0.25) is 0 Å². The van der Waals surface area contributed by atoms with Gasteiger partial charge in [-0.05, 0) is 18.2 Å². The fourth-order valence-electron chi connectivity index (χ4n) is 1.64. The summed E-state index contributed by atoms with van der Waals surface area (Å²) in [4.78, 5) is 0. The molecule has 114 valence electrons. The molecule has 2 N–H and O–H groups in total. The molecule has 0 aliphatic carbocycles. The Hall–Kier alpha value is -1.30. The molecule has 0 heterocycles. The summed E-state index contributed by atoms with van der Waals surface area (Å²) < 4.78 is 16.0. The first kappa shape index (κ1) is 16.8. The molecule has 20 heavy (non-hydrogen) atoms. The van der Waals surface area contributed by atoms with Crippen LogP contribution in [0.25, 0.3) is 0 Å². The Morgan fingerprint density at radius 2 is 2.10 bits per heavy atom. The van der Waals surface area contributed by atoms with Gasteiger partial charge in [-0.15, -0.1) is 0 Å². The summed E-state index contributed by atoms with van der Waals surface area (Å²) in [5.74, 6) is 1.73. The van der Waals surface area contributed by atoms with Gasteiger partial charge in [0, 0.05) is 38.3 Å². The van der Waals surface area contributed by atoms with Crippen LogP contribution >= 0.6 is 0 Å². The molecule has 0 aliphatic heterocycles. The lowest BCUT2D eigenvalue weighted by atomic mass is 10.1. The Bertz CT molecular complexity index is 384. The molecule has 5 heteroatoms. The summed E-state index contributed by atoms with van der Waals surface area (Å²) in [5.41, 5.74) is 1.03. The maximum Gasteiger partial charge on any atom is 0.124 e. The highest BCUT2D eigenvalue weighted by atomic mass is 16.5. The number of hydrogen-bond donors (Lipinski definition) is 2. The molecule has 0 aliphatic rings. The van der Waals surface area contributed by atoms with Crippen molar-refractivity contribution in [3.8, 4) is 11.5 Å². The average molecular weight is 283 g/mol. The van der Waals surface area contributed by atoms with Crippen LogP contribution in [0, 0.1) is 5.92 Å². The molecule has 1 rings (SSSR count). The summed E-state index contributed by atoms with van der Waals surface area (Å²) in [6, 6.07) is 5.73. The molecule has 0 amide bonds. The average Bonchev–Trinajstić information content (AvgIpc) is 2.49. The summed E-state index contributed by atoms with van der Waals surface area (Å²) in [7, 11) is 3.32. The highest BCUT2D eigenvalue weighted by Gasteiger charge is 2.08. The van der Waals surface area contributed by atoms with Gasteiger partial charge in [0.25, 0.3) is 0 Å². The van der Waals surface area contributed by atoms with Crippen LogP contribution in [-0.4, -0.2) is 45.7 Å². The second-order valence-electron chi connectivity index (χ2n) is 4.74. The molecule has 1 aromatic carbocycles. The lowest BCUT2D eigenvalue weighted by Crippen LogP contribution is -2.19. The molecule has 1 unspecified atom stereocenters. The van der Waals surface area contributed by atoms with Gasteiger partial charge in [0.15, 0.2) is 0 Å². The van der Waals surface area contributed by atoms with Crippen molar-refractivity contribution in [1.82, 2.24) is 5.32 Å². The largest absolute Gasteiger partial charge is 0.497 e. The fourth-order valence-corrected chi connectivity index (χ4v) is 1.64. The van der Waals surface area contributed by atoms with Crippen LogP contribution in [0.4, 0.5) is 0 Å². The van der Waals surface area contributed by atoms with Crippen molar-refractivity contribution in [3.63, 3.8) is 0 Å². The number of rotatable bonds is 10. The molecule has 0 radical (unpaired) electrons. The van der Waals surface area contributed by atoms with E-state index < -0.39 is 0 Å². The maximum absolute atomic E-state index is 9.04. The molecule has 0 spiro atoms. The zero-order valence-corrected chi connectivity index (χ0v) is 12.5. The van der Waals surface area contributed by atoms with Crippen LogP contribution in [0.2, 0.25) is 0 Å². The number of aliphatic hydroxyl groups excluding tert-OH is 1. The zero-order chi connectivity index (χ0) is 14.8. The van der Waals surface area contributed by atoms with E-state index in [0.717, 1.165) is 23.6 Å². The van der Waals surface area contributed by atoms with Gasteiger partial charge in [-0.2, -0.15) is 0 Å². The Morgan fingerprint density at radius 1 is 1.30 bits per heavy atom. The van der Waals surface area contributed by atoms with E-state index >= 15 is 0 Å². The highest BCUT2D eigenvalue weighted by Crippen LogP contribution is 2.24. The predicted octanol–water partition coefficient (Wildman–Crippen LogP) is 1.44. The van der Waals surface area contributed by atoms with Gasteiger partial charge in [-0.1, -0.05) is 6.92 Å². The number of benzene rings is 1. The van der Waals surface area contributed by atoms with Crippen LogP contribution in [0.3, 0.4) is 0 Å². The first-order valence-corrected chi connectivity index (χ1v) is 6.81. The number of methoxy groups -OCH3 is 2. The standard InChI is InChI=1S/C15H25NO4/c1-12(10-17)11-20-15-5-4-14(19-3)8-13(15)9-16-6-7-18-2/h4-5,8,12,16-17H,6-7,9-11H2,1-3H3. The summed E-state index contributed by atoms with van der Waals surface area (Å²) >= 11 is 0. The number of ether oxygens (including phenoxy) is 3. The smallest absolute Gasteiger partial charge is 0.124 e. The zero-order valence-electron chi connectivity index (χ0n) is 12.5. The van der Waals surface area contributed by atoms with Gasteiger partial charge in [0.1, 0.15) is 11.5 Å². The maximum atomic E-state index is 9.04. The van der Waals surface area contributed by atoms with Crippen molar-refractivity contribution in [3.05, 3.63) is 23.8 Å². The van der Waals surface area contributed by atoms with Crippen LogP contribution in [-0.2, 0) is 11.3 Å². The molecule has 0 saturated carbocycles. The quantitative estimate of drug-likeness (QED) is 0.636. The lowest BCUT2D eigenvalue weighted by Gasteiger charge is -2.15. The minimum Gasteiger partial charge on any atom is -0.497 e. The number of hydrogen-bond acceptors (Lipinski definition) is 5.